The summed E-state index contributed by atoms with van der Waals surface area (Å²) < 4.78 is 0. The van der Waals surface area contributed by atoms with Crippen LogP contribution in [0.4, 0.5) is 0 Å². The first-order valence-corrected chi connectivity index (χ1v) is 5.87. The van der Waals surface area contributed by atoms with Gasteiger partial charge in [-0.15, -0.1) is 0 Å². The van der Waals surface area contributed by atoms with E-state index in [0.29, 0.717) is 10.8 Å². The van der Waals surface area contributed by atoms with Gasteiger partial charge < -0.3 is 5.11 Å². The summed E-state index contributed by atoms with van der Waals surface area (Å²) in [5.41, 5.74) is 1.05. The third-order valence-corrected chi connectivity index (χ3v) is 6.24. The van der Waals surface area contributed by atoms with Crippen molar-refractivity contribution in [1.82, 2.24) is 0 Å². The molecule has 4 aliphatic rings. The van der Waals surface area contributed by atoms with Crippen LogP contribution >= 0.6 is 0 Å². The Hall–Kier alpha value is -0.0400. The first-order chi connectivity index (χ1) is 6.14. The molecule has 2 bridgehead atoms. The van der Waals surface area contributed by atoms with Crippen LogP contribution < -0.4 is 0 Å². The standard InChI is InChI=1S/C12H18O/c1-2-10-4-8-3-9-5-11(13,6-10)7-12(8,9)10/h8-9,13H,2-7H2,1H3. The average molecular weight is 178 g/mol. The Labute approximate surface area is 79.5 Å². The van der Waals surface area contributed by atoms with Gasteiger partial charge in [0.05, 0.1) is 5.60 Å². The molecule has 5 unspecified atom stereocenters. The van der Waals surface area contributed by atoms with Crippen molar-refractivity contribution >= 4 is 0 Å². The van der Waals surface area contributed by atoms with Crippen LogP contribution in [0.5, 0.6) is 0 Å². The number of fused-ring (bicyclic) bond motifs is 1. The molecule has 0 radical (unpaired) electrons. The minimum Gasteiger partial charge on any atom is -0.390 e. The van der Waals surface area contributed by atoms with Crippen molar-refractivity contribution in [1.29, 1.82) is 0 Å². The SMILES string of the molecule is CCC12CC3CC4CC(O)(C1)CC432. The van der Waals surface area contributed by atoms with E-state index >= 15 is 0 Å². The van der Waals surface area contributed by atoms with Crippen LogP contribution in [0, 0.1) is 22.7 Å². The highest BCUT2D eigenvalue weighted by Gasteiger charge is 2.82. The second kappa shape index (κ2) is 1.60. The van der Waals surface area contributed by atoms with Crippen molar-refractivity contribution in [3.63, 3.8) is 0 Å². The molecule has 0 aromatic rings. The molecule has 0 amide bonds. The van der Waals surface area contributed by atoms with Gasteiger partial charge in [0, 0.05) is 0 Å². The Bertz CT molecular complexity index is 295. The largest absolute Gasteiger partial charge is 0.390 e. The van der Waals surface area contributed by atoms with Crippen LogP contribution in [0.1, 0.15) is 45.4 Å². The zero-order valence-electron chi connectivity index (χ0n) is 8.34. The zero-order chi connectivity index (χ0) is 8.90. The topological polar surface area (TPSA) is 20.2 Å². The Morgan fingerprint density at radius 2 is 2.00 bits per heavy atom. The Morgan fingerprint density at radius 1 is 1.23 bits per heavy atom. The normalized spacial score (nSPS) is 71.5. The molecular formula is C12H18O. The zero-order valence-corrected chi connectivity index (χ0v) is 8.34. The van der Waals surface area contributed by atoms with E-state index in [1.807, 2.05) is 0 Å². The summed E-state index contributed by atoms with van der Waals surface area (Å²) in [7, 11) is 0. The Kier molecular flexibility index (Phi) is 0.896. The van der Waals surface area contributed by atoms with Gasteiger partial charge in [0.25, 0.3) is 0 Å². The number of hydrogen-bond donors (Lipinski definition) is 1. The molecule has 1 spiro atoms. The molecule has 4 fully saturated rings. The van der Waals surface area contributed by atoms with E-state index in [9.17, 15) is 5.11 Å². The van der Waals surface area contributed by atoms with Crippen LogP contribution in [-0.4, -0.2) is 10.7 Å². The van der Waals surface area contributed by atoms with E-state index in [1.54, 1.807) is 0 Å². The molecular weight excluding hydrogens is 160 g/mol. The summed E-state index contributed by atoms with van der Waals surface area (Å²) in [4.78, 5) is 0. The van der Waals surface area contributed by atoms with Gasteiger partial charge in [-0.25, -0.2) is 0 Å². The lowest BCUT2D eigenvalue weighted by atomic mass is 9.31. The fraction of sp³-hybridized carbons (Fsp3) is 1.00. The van der Waals surface area contributed by atoms with E-state index in [0.717, 1.165) is 24.7 Å². The molecule has 72 valence electrons. The van der Waals surface area contributed by atoms with Gasteiger partial charge in [0.1, 0.15) is 0 Å². The van der Waals surface area contributed by atoms with Gasteiger partial charge in [-0.05, 0) is 61.2 Å². The fourth-order valence-electron chi connectivity index (χ4n) is 6.02. The highest BCUT2D eigenvalue weighted by molar-refractivity contribution is 5.32. The molecule has 0 heterocycles. The summed E-state index contributed by atoms with van der Waals surface area (Å²) >= 11 is 0. The monoisotopic (exact) mass is 178 g/mol. The van der Waals surface area contributed by atoms with E-state index in [4.69, 9.17) is 0 Å². The summed E-state index contributed by atoms with van der Waals surface area (Å²) in [6, 6.07) is 0. The van der Waals surface area contributed by atoms with E-state index < -0.39 is 0 Å². The van der Waals surface area contributed by atoms with Crippen molar-refractivity contribution < 1.29 is 5.11 Å². The molecule has 0 aromatic carbocycles. The summed E-state index contributed by atoms with van der Waals surface area (Å²) in [6.45, 7) is 2.34. The second-order valence-corrected chi connectivity index (χ2v) is 6.29. The Morgan fingerprint density at radius 3 is 2.54 bits per heavy atom. The summed E-state index contributed by atoms with van der Waals surface area (Å²) in [5.74, 6) is 1.94. The lowest BCUT2D eigenvalue weighted by Gasteiger charge is -2.73. The quantitative estimate of drug-likeness (QED) is 0.653. The van der Waals surface area contributed by atoms with E-state index in [1.165, 1.54) is 25.7 Å². The van der Waals surface area contributed by atoms with E-state index in [-0.39, 0.29) is 5.60 Å². The number of aliphatic hydroxyl groups is 1. The molecule has 1 nitrogen and oxygen atoms in total. The van der Waals surface area contributed by atoms with Gasteiger partial charge >= 0.3 is 0 Å². The van der Waals surface area contributed by atoms with Crippen molar-refractivity contribution in [2.45, 2.75) is 51.0 Å². The maximum absolute atomic E-state index is 10.4. The smallest absolute Gasteiger partial charge is 0.0661 e. The number of hydrogen-bond acceptors (Lipinski definition) is 1. The molecule has 1 heteroatoms. The molecule has 4 saturated carbocycles. The Balaban J connectivity index is 1.87. The molecule has 4 rings (SSSR count). The molecule has 4 aliphatic carbocycles. The van der Waals surface area contributed by atoms with Crippen molar-refractivity contribution in [3.05, 3.63) is 0 Å². The lowest BCUT2D eigenvalue weighted by molar-refractivity contribution is -0.249. The molecule has 0 aromatic heterocycles. The fourth-order valence-corrected chi connectivity index (χ4v) is 6.02. The number of rotatable bonds is 1. The molecule has 5 atom stereocenters. The van der Waals surface area contributed by atoms with Gasteiger partial charge in [-0.3, -0.25) is 0 Å². The summed E-state index contributed by atoms with van der Waals surface area (Å²) in [5, 5.41) is 10.4. The third kappa shape index (κ3) is 0.475. The van der Waals surface area contributed by atoms with Gasteiger partial charge in [-0.2, -0.15) is 0 Å². The third-order valence-electron chi connectivity index (χ3n) is 6.24. The van der Waals surface area contributed by atoms with Gasteiger partial charge in [0.2, 0.25) is 0 Å². The van der Waals surface area contributed by atoms with Gasteiger partial charge in [-0.1, -0.05) is 6.92 Å². The van der Waals surface area contributed by atoms with Crippen LogP contribution in [0.2, 0.25) is 0 Å². The van der Waals surface area contributed by atoms with Crippen molar-refractivity contribution in [3.8, 4) is 0 Å². The maximum atomic E-state index is 10.4. The average Bonchev–Trinajstić information content (AvgIpc) is 2.46. The molecule has 1 N–H and O–H groups in total. The first kappa shape index (κ1) is 7.28. The lowest BCUT2D eigenvalue weighted by Crippen LogP contribution is -2.66. The van der Waals surface area contributed by atoms with Crippen LogP contribution in [0.3, 0.4) is 0 Å². The van der Waals surface area contributed by atoms with Crippen LogP contribution in [0.25, 0.3) is 0 Å². The van der Waals surface area contributed by atoms with Crippen molar-refractivity contribution in [2.24, 2.45) is 22.7 Å². The minimum absolute atomic E-state index is 0.216. The first-order valence-electron chi connectivity index (χ1n) is 5.87. The predicted octanol–water partition coefficient (Wildman–Crippen LogP) is 2.34. The molecule has 0 saturated heterocycles. The van der Waals surface area contributed by atoms with E-state index in [2.05, 4.69) is 6.92 Å². The second-order valence-electron chi connectivity index (χ2n) is 6.29. The predicted molar refractivity (Wildman–Crippen MR) is 50.2 cm³/mol. The minimum atomic E-state index is -0.216. The maximum Gasteiger partial charge on any atom is 0.0661 e. The summed E-state index contributed by atoms with van der Waals surface area (Å²) in [6.07, 6.45) is 7.67. The van der Waals surface area contributed by atoms with Crippen LogP contribution in [0.15, 0.2) is 0 Å². The van der Waals surface area contributed by atoms with Crippen LogP contribution in [-0.2, 0) is 0 Å². The van der Waals surface area contributed by atoms with Gasteiger partial charge in [0.15, 0.2) is 0 Å². The highest BCUT2D eigenvalue weighted by Crippen LogP contribution is 2.88. The molecule has 13 heavy (non-hydrogen) atoms. The highest BCUT2D eigenvalue weighted by atomic mass is 16.3. The van der Waals surface area contributed by atoms with Crippen molar-refractivity contribution in [2.75, 3.05) is 0 Å². The molecule has 0 aliphatic heterocycles.